The molecular weight excluding hydrogens is 152 g/mol. The van der Waals surface area contributed by atoms with E-state index in [2.05, 4.69) is 0 Å². The summed E-state index contributed by atoms with van der Waals surface area (Å²) in [7, 11) is 0. The van der Waals surface area contributed by atoms with E-state index in [-0.39, 0.29) is 0 Å². The van der Waals surface area contributed by atoms with Gasteiger partial charge >= 0.3 is 5.97 Å². The first-order valence-electron chi connectivity index (χ1n) is 3.72. The quantitative estimate of drug-likeness (QED) is 0.733. The third-order valence-electron chi connectivity index (χ3n) is 1.62. The summed E-state index contributed by atoms with van der Waals surface area (Å²) in [5.41, 5.74) is 0.951. The van der Waals surface area contributed by atoms with E-state index >= 15 is 0 Å². The molecule has 0 heterocycles. The normalized spacial score (nSPS) is 12.4. The van der Waals surface area contributed by atoms with E-state index in [9.17, 15) is 4.79 Å². The highest BCUT2D eigenvalue weighted by molar-refractivity contribution is 5.71. The second-order valence-electron chi connectivity index (χ2n) is 2.63. The number of hydrogen-bond donors (Lipinski definition) is 1. The van der Waals surface area contributed by atoms with Crippen LogP contribution in [-0.4, -0.2) is 11.1 Å². The third-order valence-corrected chi connectivity index (χ3v) is 1.62. The van der Waals surface area contributed by atoms with Gasteiger partial charge < -0.3 is 5.11 Å². The van der Waals surface area contributed by atoms with Crippen LogP contribution in [0.2, 0.25) is 0 Å². The van der Waals surface area contributed by atoms with E-state index in [1.54, 1.807) is 0 Å². The molecule has 0 aliphatic carbocycles. The van der Waals surface area contributed by atoms with Gasteiger partial charge in [0.1, 0.15) is 0 Å². The smallest absolute Gasteiger partial charge is 0.307 e. The number of carboxylic acid groups (broad SMARTS) is 1. The van der Waals surface area contributed by atoms with Crippen molar-refractivity contribution >= 4 is 5.97 Å². The molecule has 0 aromatic heterocycles. The Kier molecular flexibility index (Phi) is 2.86. The van der Waals surface area contributed by atoms with Crippen molar-refractivity contribution in [3.05, 3.63) is 42.8 Å². The van der Waals surface area contributed by atoms with Crippen molar-refractivity contribution in [1.29, 1.82) is 0 Å². The van der Waals surface area contributed by atoms with Crippen LogP contribution < -0.4 is 0 Å². The number of rotatable bonds is 3. The standard InChI is InChI=1S/C10H10O2/c1-8(10(11)12)7-9-5-3-2-4-6-9/h1-6,8H,7H2,(H,11,12). The van der Waals surface area contributed by atoms with Crippen molar-refractivity contribution in [2.45, 2.75) is 6.42 Å². The summed E-state index contributed by atoms with van der Waals surface area (Å²) in [4.78, 5) is 10.4. The number of hydrogen-bond acceptors (Lipinski definition) is 1. The minimum Gasteiger partial charge on any atom is -0.481 e. The summed E-state index contributed by atoms with van der Waals surface area (Å²) in [6, 6.07) is 9.34. The summed E-state index contributed by atoms with van der Waals surface area (Å²) in [5, 5.41) is 8.52. The average Bonchev–Trinajstić information content (AvgIpc) is 2.06. The molecule has 1 aromatic carbocycles. The van der Waals surface area contributed by atoms with Gasteiger partial charge in [0.25, 0.3) is 0 Å². The van der Waals surface area contributed by atoms with E-state index in [1.807, 2.05) is 30.3 Å². The maximum Gasteiger partial charge on any atom is 0.307 e. The van der Waals surface area contributed by atoms with Crippen molar-refractivity contribution in [1.82, 2.24) is 0 Å². The van der Waals surface area contributed by atoms with Crippen molar-refractivity contribution in [2.75, 3.05) is 0 Å². The molecule has 1 atom stereocenters. The van der Waals surface area contributed by atoms with Gasteiger partial charge in [-0.15, -0.1) is 0 Å². The van der Waals surface area contributed by atoms with E-state index < -0.39 is 11.9 Å². The topological polar surface area (TPSA) is 37.3 Å². The summed E-state index contributed by atoms with van der Waals surface area (Å²) in [6.07, 6.45) is 0.385. The highest BCUT2D eigenvalue weighted by Gasteiger charge is 2.10. The fourth-order valence-electron chi connectivity index (χ4n) is 0.955. The minimum absolute atomic E-state index is 0.385. The largest absolute Gasteiger partial charge is 0.481 e. The first-order chi connectivity index (χ1) is 5.70. The number of carboxylic acids is 1. The summed E-state index contributed by atoms with van der Waals surface area (Å²) in [6.45, 7) is 5.35. The van der Waals surface area contributed by atoms with Crippen molar-refractivity contribution in [2.24, 2.45) is 5.92 Å². The van der Waals surface area contributed by atoms with Crippen LogP contribution in [-0.2, 0) is 11.2 Å². The van der Waals surface area contributed by atoms with E-state index in [1.165, 1.54) is 0 Å². The number of carbonyl (C=O) groups is 1. The van der Waals surface area contributed by atoms with Crippen LogP contribution in [0.25, 0.3) is 0 Å². The van der Waals surface area contributed by atoms with Crippen LogP contribution in [0.5, 0.6) is 0 Å². The van der Waals surface area contributed by atoms with Gasteiger partial charge in [-0.2, -0.15) is 0 Å². The fourth-order valence-corrected chi connectivity index (χ4v) is 0.955. The van der Waals surface area contributed by atoms with Crippen LogP contribution >= 0.6 is 0 Å². The summed E-state index contributed by atoms with van der Waals surface area (Å²) in [5.74, 6) is -1.76. The van der Waals surface area contributed by atoms with Crippen LogP contribution in [0.15, 0.2) is 30.3 Å². The SMILES string of the molecule is [CH]C(Cc1ccccc1)C(=O)O. The molecule has 1 aromatic rings. The Balaban J connectivity index is 2.58. The van der Waals surface area contributed by atoms with Gasteiger partial charge in [-0.25, -0.2) is 0 Å². The van der Waals surface area contributed by atoms with Crippen molar-refractivity contribution in [3.8, 4) is 0 Å². The Labute approximate surface area is 71.8 Å². The molecule has 0 aliphatic rings. The van der Waals surface area contributed by atoms with Crippen molar-refractivity contribution < 1.29 is 9.90 Å². The summed E-state index contributed by atoms with van der Waals surface area (Å²) < 4.78 is 0. The zero-order valence-electron chi connectivity index (χ0n) is 6.60. The highest BCUT2D eigenvalue weighted by Crippen LogP contribution is 2.07. The molecule has 0 saturated carbocycles. The molecule has 0 aliphatic heterocycles. The molecule has 0 fully saturated rings. The maximum atomic E-state index is 10.4. The molecule has 2 heteroatoms. The lowest BCUT2D eigenvalue weighted by atomic mass is 10.0. The second kappa shape index (κ2) is 3.90. The summed E-state index contributed by atoms with van der Waals surface area (Å²) >= 11 is 0. The second-order valence-corrected chi connectivity index (χ2v) is 2.63. The van der Waals surface area contributed by atoms with Gasteiger partial charge in [0.2, 0.25) is 0 Å². The molecule has 1 N–H and O–H groups in total. The zero-order chi connectivity index (χ0) is 8.97. The fraction of sp³-hybridized carbons (Fsp3) is 0.200. The zero-order valence-corrected chi connectivity index (χ0v) is 6.60. The van der Waals surface area contributed by atoms with Gasteiger partial charge in [-0.3, -0.25) is 4.79 Å². The highest BCUT2D eigenvalue weighted by atomic mass is 16.4. The molecule has 0 spiro atoms. The van der Waals surface area contributed by atoms with E-state index in [0.717, 1.165) is 5.56 Å². The van der Waals surface area contributed by atoms with Gasteiger partial charge in [0.05, 0.1) is 5.92 Å². The van der Waals surface area contributed by atoms with Crippen LogP contribution in [0.4, 0.5) is 0 Å². The first-order valence-corrected chi connectivity index (χ1v) is 3.72. The Hall–Kier alpha value is -1.31. The van der Waals surface area contributed by atoms with Gasteiger partial charge in [0.15, 0.2) is 0 Å². The molecular formula is C10H10O2. The molecule has 0 bridgehead atoms. The van der Waals surface area contributed by atoms with Gasteiger partial charge in [-0.1, -0.05) is 30.3 Å². The number of benzene rings is 1. The lowest BCUT2D eigenvalue weighted by molar-refractivity contribution is -0.140. The predicted molar refractivity (Wildman–Crippen MR) is 45.6 cm³/mol. The first kappa shape index (κ1) is 8.78. The predicted octanol–water partition coefficient (Wildman–Crippen LogP) is 1.64. The van der Waals surface area contributed by atoms with Crippen LogP contribution in [0.1, 0.15) is 5.56 Å². The molecule has 2 radical (unpaired) electrons. The molecule has 62 valence electrons. The molecule has 0 saturated heterocycles. The Bertz CT molecular complexity index is 254. The lowest BCUT2D eigenvalue weighted by Gasteiger charge is -2.04. The molecule has 12 heavy (non-hydrogen) atoms. The molecule has 0 amide bonds. The van der Waals surface area contributed by atoms with E-state index in [0.29, 0.717) is 6.42 Å². The third kappa shape index (κ3) is 2.38. The number of aliphatic carboxylic acids is 1. The molecule has 1 rings (SSSR count). The van der Waals surface area contributed by atoms with E-state index in [4.69, 9.17) is 12.0 Å². The van der Waals surface area contributed by atoms with Crippen LogP contribution in [0.3, 0.4) is 0 Å². The molecule has 1 unspecified atom stereocenters. The lowest BCUT2D eigenvalue weighted by Crippen LogP contribution is -2.12. The van der Waals surface area contributed by atoms with Gasteiger partial charge in [0, 0.05) is 0 Å². The van der Waals surface area contributed by atoms with Crippen LogP contribution in [0, 0.1) is 12.8 Å². The molecule has 2 nitrogen and oxygen atoms in total. The Morgan fingerprint density at radius 3 is 2.50 bits per heavy atom. The average molecular weight is 162 g/mol. The Morgan fingerprint density at radius 2 is 2.00 bits per heavy atom. The Morgan fingerprint density at radius 1 is 1.42 bits per heavy atom. The van der Waals surface area contributed by atoms with Gasteiger partial charge in [-0.05, 0) is 18.9 Å². The monoisotopic (exact) mass is 162 g/mol. The maximum absolute atomic E-state index is 10.4. The minimum atomic E-state index is -0.959. The van der Waals surface area contributed by atoms with Crippen molar-refractivity contribution in [3.63, 3.8) is 0 Å².